The summed E-state index contributed by atoms with van der Waals surface area (Å²) >= 11 is 6.06. The molecule has 4 nitrogen and oxygen atoms in total. The summed E-state index contributed by atoms with van der Waals surface area (Å²) in [6.07, 6.45) is 2.45. The van der Waals surface area contributed by atoms with E-state index in [2.05, 4.69) is 4.98 Å². The van der Waals surface area contributed by atoms with Gasteiger partial charge in [-0.15, -0.1) is 0 Å². The van der Waals surface area contributed by atoms with Gasteiger partial charge in [0.15, 0.2) is 0 Å². The maximum atomic E-state index is 10.5. The molecule has 0 saturated heterocycles. The number of carboxylic acid groups (broad SMARTS) is 1. The van der Waals surface area contributed by atoms with Crippen LogP contribution in [0.15, 0.2) is 30.3 Å². The number of halogens is 1. The molecule has 0 aliphatic rings. The molecule has 92 valence electrons. The highest BCUT2D eigenvalue weighted by Crippen LogP contribution is 2.30. The van der Waals surface area contributed by atoms with Crippen LogP contribution in [0.1, 0.15) is 5.69 Å². The third-order valence-electron chi connectivity index (χ3n) is 2.41. The number of pyridine rings is 1. The zero-order valence-electron chi connectivity index (χ0n) is 9.55. The van der Waals surface area contributed by atoms with Crippen LogP contribution in [0.4, 0.5) is 0 Å². The van der Waals surface area contributed by atoms with E-state index in [1.54, 1.807) is 31.4 Å². The number of methoxy groups -OCH3 is 1. The van der Waals surface area contributed by atoms with Crippen molar-refractivity contribution in [3.05, 3.63) is 41.1 Å². The standard InChI is InChI=1S/C13H10ClNO3/c1-18-11-6-5-10(14)9-4-2-8(15-13(9)11)3-7-12(16)17/h2-7H,1H3,(H,16,17)/b7-3+. The fourth-order valence-corrected chi connectivity index (χ4v) is 1.80. The van der Waals surface area contributed by atoms with Crippen molar-refractivity contribution in [1.82, 2.24) is 4.98 Å². The van der Waals surface area contributed by atoms with Gasteiger partial charge in [0.05, 0.1) is 17.8 Å². The van der Waals surface area contributed by atoms with E-state index in [9.17, 15) is 4.79 Å². The van der Waals surface area contributed by atoms with Crippen LogP contribution in [0, 0.1) is 0 Å². The molecular weight excluding hydrogens is 254 g/mol. The average Bonchev–Trinajstić information content (AvgIpc) is 2.37. The quantitative estimate of drug-likeness (QED) is 0.865. The Bertz CT molecular complexity index is 637. The molecule has 0 aliphatic heterocycles. The molecule has 0 bridgehead atoms. The molecule has 18 heavy (non-hydrogen) atoms. The fraction of sp³-hybridized carbons (Fsp3) is 0.0769. The first-order valence-corrected chi connectivity index (χ1v) is 5.54. The maximum Gasteiger partial charge on any atom is 0.328 e. The summed E-state index contributed by atoms with van der Waals surface area (Å²) in [7, 11) is 1.55. The van der Waals surface area contributed by atoms with Crippen LogP contribution in [0.5, 0.6) is 5.75 Å². The zero-order chi connectivity index (χ0) is 13.1. The van der Waals surface area contributed by atoms with E-state index >= 15 is 0 Å². The van der Waals surface area contributed by atoms with Gasteiger partial charge in [0, 0.05) is 11.5 Å². The number of ether oxygens (including phenoxy) is 1. The van der Waals surface area contributed by atoms with Crippen molar-refractivity contribution in [2.75, 3.05) is 7.11 Å². The number of hydrogen-bond acceptors (Lipinski definition) is 3. The van der Waals surface area contributed by atoms with Crippen LogP contribution in [0.2, 0.25) is 5.02 Å². The Morgan fingerprint density at radius 2 is 2.17 bits per heavy atom. The molecule has 0 radical (unpaired) electrons. The lowest BCUT2D eigenvalue weighted by Gasteiger charge is -2.06. The van der Waals surface area contributed by atoms with Gasteiger partial charge in [0.25, 0.3) is 0 Å². The minimum Gasteiger partial charge on any atom is -0.494 e. The summed E-state index contributed by atoms with van der Waals surface area (Å²) in [5.41, 5.74) is 1.14. The Morgan fingerprint density at radius 1 is 1.39 bits per heavy atom. The van der Waals surface area contributed by atoms with Gasteiger partial charge in [-0.3, -0.25) is 0 Å². The first-order chi connectivity index (χ1) is 8.61. The molecule has 1 heterocycles. The summed E-state index contributed by atoms with van der Waals surface area (Å²) in [5, 5.41) is 9.92. The van der Waals surface area contributed by atoms with Gasteiger partial charge in [-0.05, 0) is 30.3 Å². The Hall–Kier alpha value is -2.07. The van der Waals surface area contributed by atoms with Gasteiger partial charge in [-0.1, -0.05) is 11.6 Å². The van der Waals surface area contributed by atoms with Crippen molar-refractivity contribution < 1.29 is 14.6 Å². The summed E-state index contributed by atoms with van der Waals surface area (Å²) in [5.74, 6) is -0.421. The Kier molecular flexibility index (Phi) is 3.48. The highest BCUT2D eigenvalue weighted by Gasteiger charge is 2.07. The van der Waals surface area contributed by atoms with Crippen LogP contribution in [-0.4, -0.2) is 23.2 Å². The lowest BCUT2D eigenvalue weighted by Crippen LogP contribution is -1.91. The van der Waals surface area contributed by atoms with Crippen molar-refractivity contribution in [2.45, 2.75) is 0 Å². The summed E-state index contributed by atoms with van der Waals surface area (Å²) in [4.78, 5) is 14.8. The number of benzene rings is 1. The second-order valence-corrected chi connectivity index (χ2v) is 3.96. The minimum atomic E-state index is -1.02. The highest BCUT2D eigenvalue weighted by molar-refractivity contribution is 6.35. The zero-order valence-corrected chi connectivity index (χ0v) is 10.3. The Labute approximate surface area is 108 Å². The molecule has 0 aliphatic carbocycles. The van der Waals surface area contributed by atoms with E-state index in [0.29, 0.717) is 22.0 Å². The smallest absolute Gasteiger partial charge is 0.328 e. The van der Waals surface area contributed by atoms with Gasteiger partial charge in [-0.2, -0.15) is 0 Å². The number of fused-ring (bicyclic) bond motifs is 1. The van der Waals surface area contributed by atoms with Crippen molar-refractivity contribution in [2.24, 2.45) is 0 Å². The molecule has 2 rings (SSSR count). The predicted molar refractivity (Wildman–Crippen MR) is 70.0 cm³/mol. The second kappa shape index (κ2) is 5.06. The van der Waals surface area contributed by atoms with Crippen molar-refractivity contribution in [1.29, 1.82) is 0 Å². The van der Waals surface area contributed by atoms with Crippen LogP contribution < -0.4 is 4.74 Å². The molecule has 0 unspecified atom stereocenters. The van der Waals surface area contributed by atoms with E-state index in [1.807, 2.05) is 0 Å². The molecular formula is C13H10ClNO3. The normalized spacial score (nSPS) is 11.0. The molecule has 0 spiro atoms. The average molecular weight is 264 g/mol. The van der Waals surface area contributed by atoms with Crippen molar-refractivity contribution in [3.8, 4) is 5.75 Å². The molecule has 5 heteroatoms. The number of aliphatic carboxylic acids is 1. The van der Waals surface area contributed by atoms with Crippen molar-refractivity contribution in [3.63, 3.8) is 0 Å². The largest absolute Gasteiger partial charge is 0.494 e. The monoisotopic (exact) mass is 263 g/mol. The predicted octanol–water partition coefficient (Wildman–Crippen LogP) is 2.99. The molecule has 0 amide bonds. The van der Waals surface area contributed by atoms with Gasteiger partial charge in [-0.25, -0.2) is 9.78 Å². The van der Waals surface area contributed by atoms with E-state index in [1.165, 1.54) is 6.08 Å². The van der Waals surface area contributed by atoms with Crippen LogP contribution >= 0.6 is 11.6 Å². The van der Waals surface area contributed by atoms with E-state index in [4.69, 9.17) is 21.4 Å². The maximum absolute atomic E-state index is 10.5. The highest BCUT2D eigenvalue weighted by atomic mass is 35.5. The second-order valence-electron chi connectivity index (χ2n) is 3.55. The first kappa shape index (κ1) is 12.4. The number of nitrogens with zero attached hydrogens (tertiary/aromatic N) is 1. The van der Waals surface area contributed by atoms with Gasteiger partial charge in [0.1, 0.15) is 11.3 Å². The molecule has 0 fully saturated rings. The van der Waals surface area contributed by atoms with E-state index in [-0.39, 0.29) is 0 Å². The number of rotatable bonds is 3. The summed E-state index contributed by atoms with van der Waals surface area (Å²) < 4.78 is 5.20. The van der Waals surface area contributed by atoms with E-state index in [0.717, 1.165) is 11.5 Å². The third-order valence-corrected chi connectivity index (χ3v) is 2.73. The Balaban J connectivity index is 2.59. The Morgan fingerprint density at radius 3 is 2.83 bits per heavy atom. The topological polar surface area (TPSA) is 59.4 Å². The van der Waals surface area contributed by atoms with Gasteiger partial charge in [0.2, 0.25) is 0 Å². The van der Waals surface area contributed by atoms with Gasteiger partial charge >= 0.3 is 5.97 Å². The lowest BCUT2D eigenvalue weighted by molar-refractivity contribution is -0.131. The van der Waals surface area contributed by atoms with E-state index < -0.39 is 5.97 Å². The summed E-state index contributed by atoms with van der Waals surface area (Å²) in [6.45, 7) is 0. The SMILES string of the molecule is COc1ccc(Cl)c2ccc(/C=C/C(=O)O)nc12. The third kappa shape index (κ3) is 2.43. The molecule has 0 atom stereocenters. The molecule has 1 aromatic carbocycles. The molecule has 0 saturated carbocycles. The first-order valence-electron chi connectivity index (χ1n) is 5.16. The lowest BCUT2D eigenvalue weighted by atomic mass is 10.2. The molecule has 1 N–H and O–H groups in total. The summed E-state index contributed by atoms with van der Waals surface area (Å²) in [6, 6.07) is 6.95. The van der Waals surface area contributed by atoms with Gasteiger partial charge < -0.3 is 9.84 Å². The fourth-order valence-electron chi connectivity index (χ4n) is 1.59. The minimum absolute atomic E-state index is 0.533. The van der Waals surface area contributed by atoms with Crippen LogP contribution in [-0.2, 0) is 4.79 Å². The molecule has 1 aromatic heterocycles. The van der Waals surface area contributed by atoms with Crippen LogP contribution in [0.3, 0.4) is 0 Å². The molecule has 2 aromatic rings. The number of carbonyl (C=O) groups is 1. The van der Waals surface area contributed by atoms with Crippen LogP contribution in [0.25, 0.3) is 17.0 Å². The number of carboxylic acids is 1. The number of hydrogen-bond donors (Lipinski definition) is 1. The number of aromatic nitrogens is 1. The van der Waals surface area contributed by atoms with Crippen molar-refractivity contribution >= 4 is 34.5 Å².